The Morgan fingerprint density at radius 2 is 2.31 bits per heavy atom. The smallest absolute Gasteiger partial charge is 0.328 e. The Labute approximate surface area is 92.3 Å². The minimum absolute atomic E-state index is 0.0134. The molecular weight excluding hydrogens is 210 g/mol. The van der Waals surface area contributed by atoms with Crippen LogP contribution in [-0.4, -0.2) is 32.8 Å². The number of carbonyl (C=O) groups is 2. The minimum Gasteiger partial charge on any atom is -0.480 e. The number of carbonyl (C=O) groups excluding carboxylic acids is 1. The first-order chi connectivity index (χ1) is 7.66. The lowest BCUT2D eigenvalue weighted by Gasteiger charge is -2.14. The number of carboxylic acids is 1. The number of carboxylic acid groups (broad SMARTS) is 1. The number of nitrogens with zero attached hydrogens (tertiary/aromatic N) is 2. The molecule has 0 spiro atoms. The second-order valence-electron chi connectivity index (χ2n) is 3.90. The predicted octanol–water partition coefficient (Wildman–Crippen LogP) is -0.138. The van der Waals surface area contributed by atoms with Gasteiger partial charge in [-0.1, -0.05) is 0 Å². The molecule has 1 aliphatic carbocycles. The fourth-order valence-electron chi connectivity index (χ4n) is 1.42. The zero-order chi connectivity index (χ0) is 11.5. The summed E-state index contributed by atoms with van der Waals surface area (Å²) >= 11 is 0. The van der Waals surface area contributed by atoms with E-state index < -0.39 is 12.0 Å². The van der Waals surface area contributed by atoms with Crippen molar-refractivity contribution in [2.75, 3.05) is 0 Å². The summed E-state index contributed by atoms with van der Waals surface area (Å²) in [6.45, 7) is 0.154. The summed E-state index contributed by atoms with van der Waals surface area (Å²) in [6, 6.07) is 0.801. The van der Waals surface area contributed by atoms with E-state index in [1.165, 1.54) is 4.68 Å². The minimum atomic E-state index is -1.04. The highest BCUT2D eigenvalue weighted by atomic mass is 16.4. The van der Waals surface area contributed by atoms with Gasteiger partial charge in [0.1, 0.15) is 6.04 Å². The fourth-order valence-corrected chi connectivity index (χ4v) is 1.42. The van der Waals surface area contributed by atoms with Gasteiger partial charge in [0.05, 0.1) is 6.54 Å². The lowest BCUT2D eigenvalue weighted by atomic mass is 10.2. The Bertz CT molecular complexity index is 384. The molecule has 0 radical (unpaired) electrons. The van der Waals surface area contributed by atoms with Gasteiger partial charge in [-0.2, -0.15) is 5.10 Å². The van der Waals surface area contributed by atoms with E-state index in [1.807, 2.05) is 0 Å². The summed E-state index contributed by atoms with van der Waals surface area (Å²) in [6.07, 6.45) is 4.96. The van der Waals surface area contributed by atoms with Crippen LogP contribution in [0, 0.1) is 5.92 Å². The first-order valence-electron chi connectivity index (χ1n) is 5.17. The molecule has 16 heavy (non-hydrogen) atoms. The highest BCUT2D eigenvalue weighted by Crippen LogP contribution is 2.28. The summed E-state index contributed by atoms with van der Waals surface area (Å²) in [7, 11) is 0. The second-order valence-corrected chi connectivity index (χ2v) is 3.90. The van der Waals surface area contributed by atoms with E-state index >= 15 is 0 Å². The van der Waals surface area contributed by atoms with Gasteiger partial charge in [0.25, 0.3) is 0 Å². The van der Waals surface area contributed by atoms with Gasteiger partial charge in [0.2, 0.25) is 5.91 Å². The number of aliphatic carboxylic acids is 1. The molecule has 1 aliphatic rings. The first-order valence-corrected chi connectivity index (χ1v) is 5.17. The van der Waals surface area contributed by atoms with E-state index in [2.05, 4.69) is 10.4 Å². The van der Waals surface area contributed by atoms with Crippen LogP contribution in [-0.2, 0) is 16.1 Å². The molecule has 1 heterocycles. The molecule has 1 atom stereocenters. The lowest BCUT2D eigenvalue weighted by Crippen LogP contribution is -2.44. The third-order valence-corrected chi connectivity index (χ3v) is 2.49. The van der Waals surface area contributed by atoms with E-state index in [1.54, 1.807) is 18.5 Å². The molecule has 6 heteroatoms. The molecule has 2 rings (SSSR count). The molecule has 1 amide bonds. The van der Waals surface area contributed by atoms with E-state index in [4.69, 9.17) is 5.11 Å². The summed E-state index contributed by atoms with van der Waals surface area (Å²) in [5.41, 5.74) is 0. The van der Waals surface area contributed by atoms with Crippen molar-refractivity contribution in [2.24, 2.45) is 5.92 Å². The van der Waals surface area contributed by atoms with Crippen molar-refractivity contribution >= 4 is 11.9 Å². The van der Waals surface area contributed by atoms with Crippen molar-refractivity contribution < 1.29 is 14.7 Å². The van der Waals surface area contributed by atoms with Crippen molar-refractivity contribution in [3.63, 3.8) is 0 Å². The molecule has 1 fully saturated rings. The van der Waals surface area contributed by atoms with Crippen LogP contribution in [0.1, 0.15) is 12.8 Å². The standard InChI is InChI=1S/C10H13N3O3/c14-9(7-2-3-7)12-8(10(15)16)6-13-5-1-4-11-13/h1,4-5,7-8H,2-3,6H2,(H,12,14)(H,15,16)/t8-/m1/s1. The monoisotopic (exact) mass is 223 g/mol. The van der Waals surface area contributed by atoms with Crippen LogP contribution < -0.4 is 5.32 Å². The number of nitrogens with one attached hydrogen (secondary N) is 1. The number of hydrogen-bond acceptors (Lipinski definition) is 3. The van der Waals surface area contributed by atoms with E-state index in [-0.39, 0.29) is 18.4 Å². The van der Waals surface area contributed by atoms with Gasteiger partial charge in [-0.25, -0.2) is 4.79 Å². The number of rotatable bonds is 5. The van der Waals surface area contributed by atoms with Crippen LogP contribution in [0.2, 0.25) is 0 Å². The van der Waals surface area contributed by atoms with Gasteiger partial charge < -0.3 is 10.4 Å². The Balaban J connectivity index is 1.94. The van der Waals surface area contributed by atoms with E-state index in [0.29, 0.717) is 0 Å². The number of amides is 1. The van der Waals surface area contributed by atoms with Crippen LogP contribution in [0.4, 0.5) is 0 Å². The quantitative estimate of drug-likeness (QED) is 0.727. The van der Waals surface area contributed by atoms with Crippen molar-refractivity contribution in [3.05, 3.63) is 18.5 Å². The first kappa shape index (κ1) is 10.7. The summed E-state index contributed by atoms with van der Waals surface area (Å²) in [4.78, 5) is 22.4. The van der Waals surface area contributed by atoms with Gasteiger partial charge >= 0.3 is 5.97 Å². The van der Waals surface area contributed by atoms with E-state index in [9.17, 15) is 9.59 Å². The molecule has 0 aromatic carbocycles. The van der Waals surface area contributed by atoms with Gasteiger partial charge in [-0.3, -0.25) is 9.48 Å². The topological polar surface area (TPSA) is 84.2 Å². The highest BCUT2D eigenvalue weighted by molar-refractivity contribution is 5.86. The van der Waals surface area contributed by atoms with Gasteiger partial charge in [-0.15, -0.1) is 0 Å². The summed E-state index contributed by atoms with van der Waals surface area (Å²) in [5.74, 6) is -1.19. The molecule has 6 nitrogen and oxygen atoms in total. The molecule has 0 saturated heterocycles. The van der Waals surface area contributed by atoms with Gasteiger partial charge in [-0.05, 0) is 18.9 Å². The fraction of sp³-hybridized carbons (Fsp3) is 0.500. The predicted molar refractivity (Wildman–Crippen MR) is 54.5 cm³/mol. The van der Waals surface area contributed by atoms with Crippen LogP contribution in [0.25, 0.3) is 0 Å². The van der Waals surface area contributed by atoms with Crippen LogP contribution in [0.5, 0.6) is 0 Å². The Morgan fingerprint density at radius 1 is 1.56 bits per heavy atom. The average Bonchev–Trinajstić information content (AvgIpc) is 2.97. The van der Waals surface area contributed by atoms with Crippen LogP contribution in [0.3, 0.4) is 0 Å². The molecule has 2 N–H and O–H groups in total. The molecule has 0 bridgehead atoms. The van der Waals surface area contributed by atoms with Crippen molar-refractivity contribution in [2.45, 2.75) is 25.4 Å². The maximum absolute atomic E-state index is 11.4. The Kier molecular flexibility index (Phi) is 2.89. The molecule has 1 saturated carbocycles. The Hall–Kier alpha value is -1.85. The van der Waals surface area contributed by atoms with Crippen LogP contribution >= 0.6 is 0 Å². The maximum atomic E-state index is 11.4. The van der Waals surface area contributed by atoms with Crippen molar-refractivity contribution in [1.29, 1.82) is 0 Å². The number of aromatic nitrogens is 2. The Morgan fingerprint density at radius 3 is 2.81 bits per heavy atom. The molecular formula is C10H13N3O3. The molecule has 1 aromatic heterocycles. The third kappa shape index (κ3) is 2.59. The molecule has 1 aromatic rings. The third-order valence-electron chi connectivity index (χ3n) is 2.49. The SMILES string of the molecule is O=C(N[C@H](Cn1cccn1)C(=O)O)C1CC1. The van der Waals surface area contributed by atoms with Gasteiger partial charge in [0, 0.05) is 18.3 Å². The highest BCUT2D eigenvalue weighted by Gasteiger charge is 2.32. The zero-order valence-corrected chi connectivity index (χ0v) is 8.67. The normalized spacial score (nSPS) is 16.8. The average molecular weight is 223 g/mol. The molecule has 0 unspecified atom stereocenters. The largest absolute Gasteiger partial charge is 0.480 e. The summed E-state index contributed by atoms with van der Waals surface area (Å²) in [5, 5.41) is 15.4. The zero-order valence-electron chi connectivity index (χ0n) is 8.67. The second kappa shape index (κ2) is 4.34. The van der Waals surface area contributed by atoms with Gasteiger partial charge in [0.15, 0.2) is 0 Å². The van der Waals surface area contributed by atoms with E-state index in [0.717, 1.165) is 12.8 Å². The number of hydrogen-bond donors (Lipinski definition) is 2. The molecule has 0 aliphatic heterocycles. The maximum Gasteiger partial charge on any atom is 0.328 e. The lowest BCUT2D eigenvalue weighted by molar-refractivity contribution is -0.142. The van der Waals surface area contributed by atoms with Crippen LogP contribution in [0.15, 0.2) is 18.5 Å². The van der Waals surface area contributed by atoms with Crippen molar-refractivity contribution in [3.8, 4) is 0 Å². The summed E-state index contributed by atoms with van der Waals surface area (Å²) < 4.78 is 1.49. The van der Waals surface area contributed by atoms with Crippen molar-refractivity contribution in [1.82, 2.24) is 15.1 Å². The molecule has 86 valence electrons.